The van der Waals surface area contributed by atoms with Crippen LogP contribution in [0.25, 0.3) is 0 Å². The van der Waals surface area contributed by atoms with Gasteiger partial charge in [0.1, 0.15) is 0 Å². The second-order valence-electron chi connectivity index (χ2n) is 8.27. The highest BCUT2D eigenvalue weighted by molar-refractivity contribution is 14.0. The van der Waals surface area contributed by atoms with E-state index in [1.54, 1.807) is 0 Å². The molecule has 2 unspecified atom stereocenters. The van der Waals surface area contributed by atoms with Crippen molar-refractivity contribution in [2.45, 2.75) is 44.6 Å². The Morgan fingerprint density at radius 1 is 1.27 bits per heavy atom. The van der Waals surface area contributed by atoms with Crippen LogP contribution in [0.4, 0.5) is 0 Å². The third kappa shape index (κ3) is 5.20. The summed E-state index contributed by atoms with van der Waals surface area (Å²) in [5, 5.41) is 3.56. The molecule has 7 heteroatoms. The Morgan fingerprint density at radius 2 is 2.08 bits per heavy atom. The molecule has 2 atom stereocenters. The summed E-state index contributed by atoms with van der Waals surface area (Å²) in [6, 6.07) is 0. The second kappa shape index (κ2) is 10.2. The lowest BCUT2D eigenvalue weighted by Crippen LogP contribution is -2.54. The van der Waals surface area contributed by atoms with Gasteiger partial charge in [-0.05, 0) is 58.9 Å². The highest BCUT2D eigenvalue weighted by Gasteiger charge is 2.39. The molecule has 0 aromatic heterocycles. The predicted molar refractivity (Wildman–Crippen MR) is 123 cm³/mol. The van der Waals surface area contributed by atoms with Gasteiger partial charge in [-0.1, -0.05) is 0 Å². The normalized spacial score (nSPS) is 32.8. The molecule has 3 aliphatic heterocycles. The molecule has 1 spiro atoms. The fourth-order valence-corrected chi connectivity index (χ4v) is 6.03. The minimum absolute atomic E-state index is 0. The van der Waals surface area contributed by atoms with Crippen LogP contribution in [0.2, 0.25) is 0 Å². The van der Waals surface area contributed by atoms with Crippen LogP contribution in [0.15, 0.2) is 4.99 Å². The van der Waals surface area contributed by atoms with Gasteiger partial charge in [-0.25, -0.2) is 0 Å². The highest BCUT2D eigenvalue weighted by Crippen LogP contribution is 2.37. The lowest BCUT2D eigenvalue weighted by molar-refractivity contribution is -0.0370. The summed E-state index contributed by atoms with van der Waals surface area (Å²) in [4.78, 5) is 10.0. The number of nitrogens with zero attached hydrogens (tertiary/aromatic N) is 3. The number of halogens is 1. The maximum atomic E-state index is 5.84. The highest BCUT2D eigenvalue weighted by atomic mass is 127. The first-order valence-corrected chi connectivity index (χ1v) is 11.1. The molecule has 3 rings (SSSR count). The van der Waals surface area contributed by atoms with Crippen LogP contribution in [0, 0.1) is 5.41 Å². The van der Waals surface area contributed by atoms with Gasteiger partial charge in [-0.15, -0.1) is 24.0 Å². The topological polar surface area (TPSA) is 40.1 Å². The first kappa shape index (κ1) is 22.6. The Morgan fingerprint density at radius 3 is 2.69 bits per heavy atom. The minimum atomic E-state index is 0. The molecule has 5 nitrogen and oxygen atoms in total. The van der Waals surface area contributed by atoms with Crippen molar-refractivity contribution in [1.82, 2.24) is 15.1 Å². The smallest absolute Gasteiger partial charge is 0.194 e. The summed E-state index contributed by atoms with van der Waals surface area (Å²) in [6.45, 7) is 8.10. The zero-order valence-electron chi connectivity index (χ0n) is 16.8. The number of piperidine rings is 1. The number of likely N-dealkylation sites (tertiary alicyclic amines) is 1. The van der Waals surface area contributed by atoms with E-state index in [-0.39, 0.29) is 29.5 Å². The number of thioether (sulfide) groups is 1. The maximum absolute atomic E-state index is 5.84. The quantitative estimate of drug-likeness (QED) is 0.368. The number of ether oxygens (including phenoxy) is 1. The summed E-state index contributed by atoms with van der Waals surface area (Å²) in [5.41, 5.74) is 0.585. The molecule has 152 valence electrons. The van der Waals surface area contributed by atoms with E-state index in [0.29, 0.717) is 5.41 Å². The average molecular weight is 497 g/mol. The maximum Gasteiger partial charge on any atom is 0.194 e. The van der Waals surface area contributed by atoms with Gasteiger partial charge in [0.25, 0.3) is 0 Å². The number of hydrogen-bond donors (Lipinski definition) is 1. The Bertz CT molecular complexity index is 457. The summed E-state index contributed by atoms with van der Waals surface area (Å²) in [5.74, 6) is 3.57. The van der Waals surface area contributed by atoms with E-state index in [9.17, 15) is 0 Å². The molecule has 3 aliphatic rings. The van der Waals surface area contributed by atoms with E-state index in [1.807, 2.05) is 0 Å². The van der Waals surface area contributed by atoms with Crippen LogP contribution in [0.3, 0.4) is 0 Å². The first-order chi connectivity index (χ1) is 12.1. The van der Waals surface area contributed by atoms with Gasteiger partial charge in [-0.3, -0.25) is 4.99 Å². The van der Waals surface area contributed by atoms with Gasteiger partial charge in [0.05, 0.1) is 13.2 Å². The van der Waals surface area contributed by atoms with Crippen molar-refractivity contribution in [3.05, 3.63) is 0 Å². The number of guanidine groups is 1. The fourth-order valence-electron chi connectivity index (χ4n) is 4.48. The van der Waals surface area contributed by atoms with E-state index in [0.717, 1.165) is 45.4 Å². The Balaban J connectivity index is 0.00000243. The van der Waals surface area contributed by atoms with Crippen molar-refractivity contribution in [2.24, 2.45) is 10.4 Å². The molecule has 0 radical (unpaired) electrons. The SMILES string of the molecule is CCNC(=NCC1(N(C)C)CCSC1)N1CCCC2(CCCOC2)C1.I. The van der Waals surface area contributed by atoms with Gasteiger partial charge >= 0.3 is 0 Å². The van der Waals surface area contributed by atoms with Crippen LogP contribution in [-0.2, 0) is 4.74 Å². The number of likely N-dealkylation sites (N-methyl/N-ethyl adjacent to an activating group) is 1. The lowest BCUT2D eigenvalue weighted by Gasteiger charge is -2.46. The monoisotopic (exact) mass is 496 g/mol. The molecule has 3 saturated heterocycles. The molecule has 3 fully saturated rings. The number of aliphatic imine (C=N–C) groups is 1. The number of nitrogens with one attached hydrogen (secondary N) is 1. The van der Waals surface area contributed by atoms with Crippen molar-refractivity contribution in [2.75, 3.05) is 65.0 Å². The van der Waals surface area contributed by atoms with Gasteiger partial charge in [0, 0.05) is 42.9 Å². The van der Waals surface area contributed by atoms with E-state index >= 15 is 0 Å². The van der Waals surface area contributed by atoms with Gasteiger partial charge in [0.15, 0.2) is 5.96 Å². The summed E-state index contributed by atoms with van der Waals surface area (Å²) < 4.78 is 5.84. The van der Waals surface area contributed by atoms with E-state index in [4.69, 9.17) is 9.73 Å². The third-order valence-corrected chi connectivity index (χ3v) is 7.49. The van der Waals surface area contributed by atoms with E-state index in [2.05, 4.69) is 47.9 Å². The summed E-state index contributed by atoms with van der Waals surface area (Å²) >= 11 is 2.07. The standard InChI is InChI=1S/C19H36N4OS.HI/c1-4-20-17(21-13-19(22(2)3)9-12-25-16-19)23-10-5-7-18(14-23)8-6-11-24-15-18;/h4-16H2,1-3H3,(H,20,21);1H. The van der Waals surface area contributed by atoms with Crippen molar-refractivity contribution < 1.29 is 4.74 Å². The average Bonchev–Trinajstić information content (AvgIpc) is 3.10. The molecule has 0 aliphatic carbocycles. The summed E-state index contributed by atoms with van der Waals surface area (Å²) in [7, 11) is 4.42. The molecule has 0 saturated carbocycles. The van der Waals surface area contributed by atoms with Crippen molar-refractivity contribution in [3.8, 4) is 0 Å². The molecule has 1 N–H and O–H groups in total. The molecule has 26 heavy (non-hydrogen) atoms. The Hall–Kier alpha value is 0.270. The van der Waals surface area contributed by atoms with E-state index in [1.165, 1.54) is 43.6 Å². The zero-order valence-corrected chi connectivity index (χ0v) is 19.9. The molecular weight excluding hydrogens is 459 g/mol. The third-order valence-electron chi connectivity index (χ3n) is 6.25. The second-order valence-corrected chi connectivity index (χ2v) is 9.38. The van der Waals surface area contributed by atoms with Gasteiger partial charge in [-0.2, -0.15) is 11.8 Å². The predicted octanol–water partition coefficient (Wildman–Crippen LogP) is 2.90. The number of hydrogen-bond acceptors (Lipinski definition) is 4. The van der Waals surface area contributed by atoms with Crippen LogP contribution >= 0.6 is 35.7 Å². The molecule has 0 aromatic rings. The van der Waals surface area contributed by atoms with Crippen molar-refractivity contribution >= 4 is 41.7 Å². The van der Waals surface area contributed by atoms with Gasteiger partial charge in [0.2, 0.25) is 0 Å². The molecule has 3 heterocycles. The Kier molecular flexibility index (Phi) is 8.82. The summed E-state index contributed by atoms with van der Waals surface area (Å²) in [6.07, 6.45) is 6.32. The van der Waals surface area contributed by atoms with Crippen LogP contribution in [0.5, 0.6) is 0 Å². The van der Waals surface area contributed by atoms with Crippen molar-refractivity contribution in [3.63, 3.8) is 0 Å². The molecular formula is C19H37IN4OS. The molecule has 0 amide bonds. The van der Waals surface area contributed by atoms with Gasteiger partial charge < -0.3 is 19.9 Å². The molecule has 0 aromatic carbocycles. The first-order valence-electron chi connectivity index (χ1n) is 9.95. The van der Waals surface area contributed by atoms with Crippen molar-refractivity contribution in [1.29, 1.82) is 0 Å². The van der Waals surface area contributed by atoms with Crippen LogP contribution in [0.1, 0.15) is 39.0 Å². The molecule has 0 bridgehead atoms. The minimum Gasteiger partial charge on any atom is -0.381 e. The van der Waals surface area contributed by atoms with E-state index < -0.39 is 0 Å². The number of rotatable bonds is 4. The largest absolute Gasteiger partial charge is 0.381 e. The Labute approximate surface area is 181 Å². The fraction of sp³-hybridized carbons (Fsp3) is 0.947. The lowest BCUT2D eigenvalue weighted by atomic mass is 9.76. The zero-order chi connectivity index (χ0) is 17.8. The van der Waals surface area contributed by atoms with Crippen LogP contribution < -0.4 is 5.32 Å². The van der Waals surface area contributed by atoms with Crippen LogP contribution in [-0.4, -0.2) is 86.3 Å².